The normalized spacial score (nSPS) is 17.1. The van der Waals surface area contributed by atoms with E-state index in [-0.39, 0.29) is 5.69 Å². The lowest BCUT2D eigenvalue weighted by Crippen LogP contribution is -2.36. The molecule has 0 bridgehead atoms. The monoisotopic (exact) mass is 278 g/mol. The molecular weight excluding hydrogens is 256 g/mol. The van der Waals surface area contributed by atoms with Crippen molar-refractivity contribution >= 4 is 11.5 Å². The first-order valence-corrected chi connectivity index (χ1v) is 7.14. The van der Waals surface area contributed by atoms with Crippen molar-refractivity contribution in [3.8, 4) is 0 Å². The lowest BCUT2D eigenvalue weighted by molar-refractivity contribution is -0.385. The zero-order valence-electron chi connectivity index (χ0n) is 12.1. The van der Waals surface area contributed by atoms with Gasteiger partial charge < -0.3 is 10.2 Å². The molecule has 1 aromatic heterocycles. The Morgan fingerprint density at radius 3 is 2.75 bits per heavy atom. The fourth-order valence-electron chi connectivity index (χ4n) is 2.47. The second-order valence-corrected chi connectivity index (χ2v) is 5.51. The molecule has 0 aromatic carbocycles. The fourth-order valence-corrected chi connectivity index (χ4v) is 2.47. The Morgan fingerprint density at radius 1 is 1.45 bits per heavy atom. The molecule has 1 aliphatic rings. The van der Waals surface area contributed by atoms with Crippen molar-refractivity contribution in [2.75, 3.05) is 31.5 Å². The van der Waals surface area contributed by atoms with Crippen LogP contribution in [0.15, 0.2) is 12.1 Å². The van der Waals surface area contributed by atoms with Crippen LogP contribution in [-0.4, -0.2) is 41.0 Å². The molecule has 1 fully saturated rings. The molecule has 6 heteroatoms. The Bertz CT molecular complexity index is 470. The zero-order valence-corrected chi connectivity index (χ0v) is 12.1. The van der Waals surface area contributed by atoms with Crippen molar-refractivity contribution in [1.29, 1.82) is 0 Å². The minimum atomic E-state index is -0.402. The lowest BCUT2D eigenvalue weighted by Gasteiger charge is -2.30. The van der Waals surface area contributed by atoms with Gasteiger partial charge in [0.05, 0.1) is 4.92 Å². The van der Waals surface area contributed by atoms with Crippen molar-refractivity contribution in [3.63, 3.8) is 0 Å². The maximum absolute atomic E-state index is 10.7. The topological polar surface area (TPSA) is 71.3 Å². The first-order valence-electron chi connectivity index (χ1n) is 7.14. The zero-order chi connectivity index (χ0) is 14.5. The molecule has 20 heavy (non-hydrogen) atoms. The summed E-state index contributed by atoms with van der Waals surface area (Å²) >= 11 is 0. The molecule has 6 nitrogen and oxygen atoms in total. The van der Waals surface area contributed by atoms with Crippen LogP contribution in [0.25, 0.3) is 0 Å². The van der Waals surface area contributed by atoms with Crippen molar-refractivity contribution in [1.82, 2.24) is 9.88 Å². The average molecular weight is 278 g/mol. The quantitative estimate of drug-likeness (QED) is 0.661. The van der Waals surface area contributed by atoms with Gasteiger partial charge in [0.25, 0.3) is 5.69 Å². The van der Waals surface area contributed by atoms with Gasteiger partial charge in [-0.25, -0.2) is 4.98 Å². The molecule has 2 heterocycles. The van der Waals surface area contributed by atoms with Gasteiger partial charge in [-0.15, -0.1) is 0 Å². The Balaban J connectivity index is 1.79. The van der Waals surface area contributed by atoms with Crippen LogP contribution in [0.3, 0.4) is 0 Å². The smallest absolute Gasteiger partial charge is 0.290 e. The van der Waals surface area contributed by atoms with E-state index in [1.807, 2.05) is 0 Å². The minimum absolute atomic E-state index is 0.0700. The van der Waals surface area contributed by atoms with Gasteiger partial charge >= 0.3 is 0 Å². The molecule has 2 rings (SSSR count). The van der Waals surface area contributed by atoms with E-state index in [1.54, 1.807) is 13.0 Å². The van der Waals surface area contributed by atoms with Gasteiger partial charge in [-0.2, -0.15) is 0 Å². The summed E-state index contributed by atoms with van der Waals surface area (Å²) in [6, 6.07) is 3.18. The molecule has 0 amide bonds. The Labute approximate surface area is 119 Å². The molecule has 1 aromatic rings. The van der Waals surface area contributed by atoms with E-state index in [9.17, 15) is 10.1 Å². The Hall–Kier alpha value is -1.69. The number of nitrogens with one attached hydrogen (secondary N) is 1. The van der Waals surface area contributed by atoms with Crippen LogP contribution in [0, 0.1) is 23.0 Å². The standard InChI is InChI=1S/C14H22N4O2/c1-11-5-8-17(9-6-11)10-7-15-14-4-3-13(18(19)20)12(2)16-14/h3-4,11H,5-10H2,1-2H3,(H,15,16). The third kappa shape index (κ3) is 3.90. The van der Waals surface area contributed by atoms with Gasteiger partial charge in [0, 0.05) is 19.2 Å². The maximum atomic E-state index is 10.7. The number of nitrogens with zero attached hydrogens (tertiary/aromatic N) is 3. The van der Waals surface area contributed by atoms with E-state index in [2.05, 4.69) is 22.1 Å². The number of aromatic nitrogens is 1. The number of anilines is 1. The molecule has 0 atom stereocenters. The summed E-state index contributed by atoms with van der Waals surface area (Å²) in [6.07, 6.45) is 2.55. The first kappa shape index (κ1) is 14.7. The highest BCUT2D eigenvalue weighted by atomic mass is 16.6. The van der Waals surface area contributed by atoms with Crippen LogP contribution in [0.5, 0.6) is 0 Å². The van der Waals surface area contributed by atoms with Crippen LogP contribution in [0.1, 0.15) is 25.5 Å². The summed E-state index contributed by atoms with van der Waals surface area (Å²) in [5.41, 5.74) is 0.521. The molecule has 110 valence electrons. The van der Waals surface area contributed by atoms with Crippen LogP contribution < -0.4 is 5.32 Å². The number of nitro groups is 1. The summed E-state index contributed by atoms with van der Waals surface area (Å²) in [6.45, 7) is 8.10. The summed E-state index contributed by atoms with van der Waals surface area (Å²) < 4.78 is 0. The second-order valence-electron chi connectivity index (χ2n) is 5.51. The maximum Gasteiger partial charge on any atom is 0.290 e. The third-order valence-electron chi connectivity index (χ3n) is 3.87. The van der Waals surface area contributed by atoms with Gasteiger partial charge in [-0.1, -0.05) is 6.92 Å². The van der Waals surface area contributed by atoms with Gasteiger partial charge in [0.1, 0.15) is 11.5 Å². The number of piperidine rings is 1. The summed E-state index contributed by atoms with van der Waals surface area (Å²) in [5.74, 6) is 1.55. The number of likely N-dealkylation sites (tertiary alicyclic amines) is 1. The molecule has 1 N–H and O–H groups in total. The van der Waals surface area contributed by atoms with Crippen molar-refractivity contribution < 1.29 is 4.92 Å². The van der Waals surface area contributed by atoms with E-state index in [4.69, 9.17) is 0 Å². The molecule has 0 saturated carbocycles. The molecule has 1 aliphatic heterocycles. The molecule has 0 radical (unpaired) electrons. The van der Waals surface area contributed by atoms with Crippen LogP contribution >= 0.6 is 0 Å². The molecule has 0 unspecified atom stereocenters. The Kier molecular flexibility index (Phi) is 4.89. The van der Waals surface area contributed by atoms with Crippen LogP contribution in [-0.2, 0) is 0 Å². The summed E-state index contributed by atoms with van der Waals surface area (Å²) in [7, 11) is 0. The highest BCUT2D eigenvalue weighted by Gasteiger charge is 2.15. The van der Waals surface area contributed by atoms with Gasteiger partial charge in [0.15, 0.2) is 0 Å². The minimum Gasteiger partial charge on any atom is -0.369 e. The first-order chi connectivity index (χ1) is 9.56. The summed E-state index contributed by atoms with van der Waals surface area (Å²) in [4.78, 5) is 17.0. The van der Waals surface area contributed by atoms with Gasteiger partial charge in [0.2, 0.25) is 0 Å². The number of hydrogen-bond donors (Lipinski definition) is 1. The fraction of sp³-hybridized carbons (Fsp3) is 0.643. The van der Waals surface area contributed by atoms with Crippen molar-refractivity contribution in [2.24, 2.45) is 5.92 Å². The molecule has 0 aliphatic carbocycles. The molecule has 0 spiro atoms. The van der Waals surface area contributed by atoms with Gasteiger partial charge in [-0.05, 0) is 44.8 Å². The van der Waals surface area contributed by atoms with E-state index in [0.717, 1.165) is 32.1 Å². The number of rotatable bonds is 5. The number of aryl methyl sites for hydroxylation is 1. The highest BCUT2D eigenvalue weighted by molar-refractivity contribution is 5.44. The SMILES string of the molecule is Cc1nc(NCCN2CCC(C)CC2)ccc1[N+](=O)[O-]. The van der Waals surface area contributed by atoms with Gasteiger partial charge in [-0.3, -0.25) is 10.1 Å². The van der Waals surface area contributed by atoms with E-state index < -0.39 is 4.92 Å². The highest BCUT2D eigenvalue weighted by Crippen LogP contribution is 2.18. The number of pyridine rings is 1. The van der Waals surface area contributed by atoms with Crippen molar-refractivity contribution in [2.45, 2.75) is 26.7 Å². The molecular formula is C14H22N4O2. The summed E-state index contributed by atoms with van der Waals surface area (Å²) in [5, 5.41) is 14.0. The molecule has 1 saturated heterocycles. The largest absolute Gasteiger partial charge is 0.369 e. The second kappa shape index (κ2) is 6.65. The Morgan fingerprint density at radius 2 is 2.15 bits per heavy atom. The number of hydrogen-bond acceptors (Lipinski definition) is 5. The van der Waals surface area contributed by atoms with Crippen LogP contribution in [0.2, 0.25) is 0 Å². The predicted molar refractivity (Wildman–Crippen MR) is 79.0 cm³/mol. The van der Waals surface area contributed by atoms with E-state index >= 15 is 0 Å². The average Bonchev–Trinajstić information content (AvgIpc) is 2.41. The van der Waals surface area contributed by atoms with Crippen LogP contribution in [0.4, 0.5) is 11.5 Å². The lowest BCUT2D eigenvalue weighted by atomic mass is 9.99. The van der Waals surface area contributed by atoms with E-state index in [0.29, 0.717) is 11.5 Å². The predicted octanol–water partition coefficient (Wildman–Crippen LogP) is 2.44. The van der Waals surface area contributed by atoms with E-state index in [1.165, 1.54) is 18.9 Å². The third-order valence-corrected chi connectivity index (χ3v) is 3.87. The van der Waals surface area contributed by atoms with Crippen molar-refractivity contribution in [3.05, 3.63) is 27.9 Å².